The summed E-state index contributed by atoms with van der Waals surface area (Å²) < 4.78 is 0. The Balaban J connectivity index is 2.33. The Hall–Kier alpha value is -0.590. The van der Waals surface area contributed by atoms with Gasteiger partial charge in [-0.05, 0) is 25.3 Å². The third-order valence-electron chi connectivity index (χ3n) is 2.26. The van der Waals surface area contributed by atoms with Crippen molar-refractivity contribution in [3.63, 3.8) is 0 Å². The van der Waals surface area contributed by atoms with Gasteiger partial charge in [0.2, 0.25) is 0 Å². The van der Waals surface area contributed by atoms with Crippen LogP contribution < -0.4 is 0 Å². The molecule has 0 unspecified atom stereocenters. The quantitative estimate of drug-likeness (QED) is 0.463. The highest BCUT2D eigenvalue weighted by Gasteiger charge is 2.25. The van der Waals surface area contributed by atoms with Gasteiger partial charge in [0.25, 0.3) is 0 Å². The molecule has 1 aliphatic heterocycles. The van der Waals surface area contributed by atoms with Crippen LogP contribution in [0, 0.1) is 5.92 Å². The lowest BCUT2D eigenvalue weighted by Gasteiger charge is -1.99. The lowest BCUT2D eigenvalue weighted by atomic mass is 10.0. The zero-order valence-corrected chi connectivity index (χ0v) is 5.72. The average molecular weight is 121 g/mol. The van der Waals surface area contributed by atoms with Gasteiger partial charge < -0.3 is 0 Å². The third-order valence-corrected chi connectivity index (χ3v) is 2.26. The fraction of sp³-hybridized carbons (Fsp3) is 0.625. The van der Waals surface area contributed by atoms with E-state index in [0.29, 0.717) is 0 Å². The van der Waals surface area contributed by atoms with E-state index < -0.39 is 0 Å². The molecule has 2 aliphatic rings. The van der Waals surface area contributed by atoms with E-state index in [1.54, 1.807) is 0 Å². The Bertz CT molecular complexity index is 189. The molecule has 0 amide bonds. The van der Waals surface area contributed by atoms with Gasteiger partial charge in [0.05, 0.1) is 0 Å². The minimum absolute atomic E-state index is 0.810. The highest BCUT2D eigenvalue weighted by molar-refractivity contribution is 6.04. The fourth-order valence-electron chi connectivity index (χ4n) is 1.71. The molecule has 0 saturated heterocycles. The van der Waals surface area contributed by atoms with Crippen LogP contribution in [0.1, 0.15) is 19.8 Å². The highest BCUT2D eigenvalue weighted by Crippen LogP contribution is 2.28. The predicted molar refractivity (Wildman–Crippen MR) is 38.8 cm³/mol. The second-order valence-corrected chi connectivity index (χ2v) is 2.88. The Labute approximate surface area is 55.5 Å². The van der Waals surface area contributed by atoms with E-state index in [1.165, 1.54) is 24.1 Å². The van der Waals surface area contributed by atoms with E-state index in [-0.39, 0.29) is 0 Å². The molecule has 9 heavy (non-hydrogen) atoms. The second kappa shape index (κ2) is 1.69. The summed E-state index contributed by atoms with van der Waals surface area (Å²) in [5.41, 5.74) is 2.83. The number of hydrogen-bond donors (Lipinski definition) is 0. The number of rotatable bonds is 0. The largest absolute Gasteiger partial charge is 0.289 e. The lowest BCUT2D eigenvalue weighted by molar-refractivity contribution is 0.703. The summed E-state index contributed by atoms with van der Waals surface area (Å²) in [6.45, 7) is 3.25. The molecule has 0 N–H and O–H groups in total. The van der Waals surface area contributed by atoms with Crippen molar-refractivity contribution in [1.29, 1.82) is 0 Å². The molecule has 1 nitrogen and oxygen atoms in total. The predicted octanol–water partition coefficient (Wildman–Crippen LogP) is 1.80. The maximum Gasteiger partial charge on any atom is 0.0408 e. The first kappa shape index (κ1) is 5.21. The maximum atomic E-state index is 4.43. The van der Waals surface area contributed by atoms with Crippen molar-refractivity contribution in [2.24, 2.45) is 10.9 Å². The van der Waals surface area contributed by atoms with E-state index in [1.807, 2.05) is 0 Å². The number of allylic oxidation sites excluding steroid dienone is 2. The molecule has 0 aromatic heterocycles. The first-order valence-corrected chi connectivity index (χ1v) is 3.59. The van der Waals surface area contributed by atoms with E-state index in [2.05, 4.69) is 18.0 Å². The summed E-state index contributed by atoms with van der Waals surface area (Å²) in [6, 6.07) is 0. The topological polar surface area (TPSA) is 12.4 Å². The summed E-state index contributed by atoms with van der Waals surface area (Å²) in [6.07, 6.45) is 4.86. The Morgan fingerprint density at radius 2 is 2.56 bits per heavy atom. The molecule has 48 valence electrons. The van der Waals surface area contributed by atoms with Crippen molar-refractivity contribution in [3.05, 3.63) is 11.6 Å². The Kier molecular flexibility index (Phi) is 0.981. The van der Waals surface area contributed by atoms with Gasteiger partial charge in [-0.15, -0.1) is 0 Å². The number of aliphatic imine (C=N–C) groups is 1. The van der Waals surface area contributed by atoms with Crippen LogP contribution in [0.25, 0.3) is 0 Å². The number of nitrogens with zero attached hydrogens (tertiary/aromatic N) is 1. The van der Waals surface area contributed by atoms with Crippen LogP contribution in [0.2, 0.25) is 0 Å². The van der Waals surface area contributed by atoms with Crippen LogP contribution in [0.4, 0.5) is 0 Å². The van der Waals surface area contributed by atoms with E-state index in [0.717, 1.165) is 12.5 Å². The molecule has 0 spiro atoms. The molecule has 0 fully saturated rings. The molecule has 1 aliphatic carbocycles. The summed E-state index contributed by atoms with van der Waals surface area (Å²) in [5, 5.41) is 0. The standard InChI is InChI=1S/C8H11N/c1-6-2-3-7-4-5-9-8(6)7/h2,7H,3-5H2,1H3/t7-/m0/s1. The van der Waals surface area contributed by atoms with Gasteiger partial charge in [-0.3, -0.25) is 4.99 Å². The van der Waals surface area contributed by atoms with Gasteiger partial charge in [0, 0.05) is 18.2 Å². The first-order chi connectivity index (χ1) is 4.38. The zero-order chi connectivity index (χ0) is 6.27. The van der Waals surface area contributed by atoms with E-state index in [4.69, 9.17) is 0 Å². The minimum atomic E-state index is 0.810. The molecule has 0 saturated carbocycles. The summed E-state index contributed by atoms with van der Waals surface area (Å²) in [5.74, 6) is 0.810. The molecule has 0 radical (unpaired) electrons. The van der Waals surface area contributed by atoms with Gasteiger partial charge >= 0.3 is 0 Å². The van der Waals surface area contributed by atoms with Gasteiger partial charge in [0.1, 0.15) is 0 Å². The number of fused-ring (bicyclic) bond motifs is 1. The normalized spacial score (nSPS) is 31.9. The SMILES string of the molecule is CC1=CC[C@H]2CCN=C12. The second-order valence-electron chi connectivity index (χ2n) is 2.88. The van der Waals surface area contributed by atoms with Crippen molar-refractivity contribution >= 4 is 5.71 Å². The van der Waals surface area contributed by atoms with Crippen LogP contribution >= 0.6 is 0 Å². The zero-order valence-electron chi connectivity index (χ0n) is 5.72. The molecule has 1 heteroatoms. The molecule has 0 bridgehead atoms. The molecule has 1 atom stereocenters. The van der Waals surface area contributed by atoms with Gasteiger partial charge in [-0.2, -0.15) is 0 Å². The molecule has 2 rings (SSSR count). The van der Waals surface area contributed by atoms with Gasteiger partial charge in [0.15, 0.2) is 0 Å². The molecule has 0 aromatic carbocycles. The Morgan fingerprint density at radius 1 is 1.67 bits per heavy atom. The molecular formula is C8H11N. The monoisotopic (exact) mass is 121 g/mol. The van der Waals surface area contributed by atoms with Crippen LogP contribution in [-0.2, 0) is 0 Å². The minimum Gasteiger partial charge on any atom is -0.289 e. The van der Waals surface area contributed by atoms with Crippen LogP contribution in [0.15, 0.2) is 16.6 Å². The average Bonchev–Trinajstić information content (AvgIpc) is 2.35. The van der Waals surface area contributed by atoms with Crippen molar-refractivity contribution in [2.75, 3.05) is 6.54 Å². The van der Waals surface area contributed by atoms with E-state index in [9.17, 15) is 0 Å². The summed E-state index contributed by atoms with van der Waals surface area (Å²) >= 11 is 0. The lowest BCUT2D eigenvalue weighted by Crippen LogP contribution is -2.02. The summed E-state index contributed by atoms with van der Waals surface area (Å²) in [4.78, 5) is 4.43. The van der Waals surface area contributed by atoms with Gasteiger partial charge in [-0.25, -0.2) is 0 Å². The molecule has 1 heterocycles. The molecular weight excluding hydrogens is 110 g/mol. The van der Waals surface area contributed by atoms with Crippen LogP contribution in [0.3, 0.4) is 0 Å². The highest BCUT2D eigenvalue weighted by atomic mass is 14.8. The Morgan fingerprint density at radius 3 is 3.33 bits per heavy atom. The fourth-order valence-corrected chi connectivity index (χ4v) is 1.71. The van der Waals surface area contributed by atoms with Crippen molar-refractivity contribution in [2.45, 2.75) is 19.8 Å². The van der Waals surface area contributed by atoms with Crippen molar-refractivity contribution in [1.82, 2.24) is 0 Å². The summed E-state index contributed by atoms with van der Waals surface area (Å²) in [7, 11) is 0. The van der Waals surface area contributed by atoms with Crippen LogP contribution in [-0.4, -0.2) is 12.3 Å². The third kappa shape index (κ3) is 0.640. The maximum absolute atomic E-state index is 4.43. The van der Waals surface area contributed by atoms with E-state index >= 15 is 0 Å². The first-order valence-electron chi connectivity index (χ1n) is 3.59. The van der Waals surface area contributed by atoms with Crippen molar-refractivity contribution < 1.29 is 0 Å². The van der Waals surface area contributed by atoms with Crippen molar-refractivity contribution in [3.8, 4) is 0 Å². The van der Waals surface area contributed by atoms with Crippen LogP contribution in [0.5, 0.6) is 0 Å². The van der Waals surface area contributed by atoms with Gasteiger partial charge in [-0.1, -0.05) is 6.08 Å². The smallest absolute Gasteiger partial charge is 0.0408 e. The number of hydrogen-bond acceptors (Lipinski definition) is 1. The molecule has 0 aromatic rings.